The molecule has 1 heterocycles. The van der Waals surface area contributed by atoms with Crippen LogP contribution in [-0.2, 0) is 6.42 Å². The molecule has 0 fully saturated rings. The smallest absolute Gasteiger partial charge is 0.259 e. The lowest BCUT2D eigenvalue weighted by Crippen LogP contribution is -2.11. The molecule has 0 bridgehead atoms. The van der Waals surface area contributed by atoms with E-state index in [1.54, 1.807) is 7.11 Å². The number of aromatic amines is 1. The van der Waals surface area contributed by atoms with Crippen molar-refractivity contribution in [3.63, 3.8) is 0 Å². The molecule has 0 saturated heterocycles. The highest BCUT2D eigenvalue weighted by Crippen LogP contribution is 2.21. The number of aromatic nitrogens is 2. The van der Waals surface area contributed by atoms with Gasteiger partial charge in [-0.1, -0.05) is 19.1 Å². The van der Waals surface area contributed by atoms with Gasteiger partial charge in [0, 0.05) is 5.56 Å². The summed E-state index contributed by atoms with van der Waals surface area (Å²) in [5.74, 6) is 1.35. The average Bonchev–Trinajstić information content (AvgIpc) is 2.54. The van der Waals surface area contributed by atoms with Crippen molar-refractivity contribution in [1.29, 1.82) is 0 Å². The number of nitrogens with one attached hydrogen (secondary N) is 1. The maximum atomic E-state index is 12.4. The minimum absolute atomic E-state index is 0.0942. The van der Waals surface area contributed by atoms with Crippen LogP contribution in [0.25, 0.3) is 22.3 Å². The number of fused-ring (bicyclic) bond motifs is 1. The van der Waals surface area contributed by atoms with Gasteiger partial charge in [0.2, 0.25) is 0 Å². The van der Waals surface area contributed by atoms with Crippen LogP contribution in [0, 0.1) is 0 Å². The van der Waals surface area contributed by atoms with Crippen molar-refractivity contribution >= 4 is 10.9 Å². The van der Waals surface area contributed by atoms with Crippen molar-refractivity contribution in [1.82, 2.24) is 9.97 Å². The summed E-state index contributed by atoms with van der Waals surface area (Å²) in [6, 6.07) is 13.2. The van der Waals surface area contributed by atoms with Gasteiger partial charge >= 0.3 is 0 Å². The summed E-state index contributed by atoms with van der Waals surface area (Å²) < 4.78 is 5.14. The fourth-order valence-corrected chi connectivity index (χ4v) is 2.44. The van der Waals surface area contributed by atoms with Crippen LogP contribution < -0.4 is 10.3 Å². The van der Waals surface area contributed by atoms with Crippen molar-refractivity contribution < 1.29 is 4.74 Å². The van der Waals surface area contributed by atoms with Crippen LogP contribution in [0.1, 0.15) is 12.5 Å². The van der Waals surface area contributed by atoms with Gasteiger partial charge in [0.25, 0.3) is 5.56 Å². The van der Waals surface area contributed by atoms with E-state index >= 15 is 0 Å². The van der Waals surface area contributed by atoms with E-state index in [2.05, 4.69) is 9.97 Å². The number of hydrogen-bond donors (Lipinski definition) is 1. The van der Waals surface area contributed by atoms with Crippen LogP contribution >= 0.6 is 0 Å². The first-order valence-electron chi connectivity index (χ1n) is 6.89. The predicted octanol–water partition coefficient (Wildman–Crippen LogP) is 3.16. The molecule has 3 aromatic rings. The number of nitrogens with zero attached hydrogens (tertiary/aromatic N) is 1. The third kappa shape index (κ3) is 2.40. The molecule has 4 heteroatoms. The number of hydrogen-bond acceptors (Lipinski definition) is 3. The van der Waals surface area contributed by atoms with Crippen LogP contribution in [0.4, 0.5) is 0 Å². The summed E-state index contributed by atoms with van der Waals surface area (Å²) >= 11 is 0. The first-order chi connectivity index (χ1) is 10.2. The summed E-state index contributed by atoms with van der Waals surface area (Å²) in [6.45, 7) is 2.03. The second-order valence-corrected chi connectivity index (χ2v) is 4.81. The van der Waals surface area contributed by atoms with E-state index in [9.17, 15) is 4.79 Å². The SMILES string of the molecule is CCc1cccc2nc(-c3ccc(OC)cc3)[nH]c(=O)c12. The standard InChI is InChI=1S/C17H16N2O2/c1-3-11-5-4-6-14-15(11)17(20)19-16(18-14)12-7-9-13(21-2)10-8-12/h4-10H,3H2,1-2H3,(H,18,19,20). The lowest BCUT2D eigenvalue weighted by atomic mass is 10.1. The molecule has 0 atom stereocenters. The fraction of sp³-hybridized carbons (Fsp3) is 0.176. The summed E-state index contributed by atoms with van der Waals surface area (Å²) in [5, 5.41) is 0.678. The van der Waals surface area contributed by atoms with E-state index in [1.165, 1.54) is 0 Å². The van der Waals surface area contributed by atoms with E-state index in [-0.39, 0.29) is 5.56 Å². The van der Waals surface area contributed by atoms with E-state index in [0.717, 1.165) is 28.8 Å². The fourth-order valence-electron chi connectivity index (χ4n) is 2.44. The molecule has 0 saturated carbocycles. The van der Waals surface area contributed by atoms with Gasteiger partial charge in [0.1, 0.15) is 11.6 Å². The Morgan fingerprint density at radius 3 is 2.57 bits per heavy atom. The molecule has 106 valence electrons. The van der Waals surface area contributed by atoms with Gasteiger partial charge < -0.3 is 9.72 Å². The Morgan fingerprint density at radius 2 is 1.90 bits per heavy atom. The molecule has 0 unspecified atom stereocenters. The second kappa shape index (κ2) is 5.40. The Bertz CT molecular complexity index is 836. The Kier molecular flexibility index (Phi) is 3.44. The molecule has 0 aliphatic heterocycles. The first-order valence-corrected chi connectivity index (χ1v) is 6.89. The van der Waals surface area contributed by atoms with Crippen LogP contribution in [0.3, 0.4) is 0 Å². The summed E-state index contributed by atoms with van der Waals surface area (Å²) in [5.41, 5.74) is 2.51. The van der Waals surface area contributed by atoms with E-state index in [0.29, 0.717) is 11.2 Å². The summed E-state index contributed by atoms with van der Waals surface area (Å²) in [6.07, 6.45) is 0.810. The molecule has 1 aromatic heterocycles. The number of H-pyrrole nitrogens is 1. The lowest BCUT2D eigenvalue weighted by Gasteiger charge is -2.06. The topological polar surface area (TPSA) is 55.0 Å². The maximum Gasteiger partial charge on any atom is 0.259 e. The zero-order chi connectivity index (χ0) is 14.8. The number of ether oxygens (including phenoxy) is 1. The van der Waals surface area contributed by atoms with Crippen LogP contribution in [0.15, 0.2) is 47.3 Å². The minimum Gasteiger partial charge on any atom is -0.497 e. The van der Waals surface area contributed by atoms with E-state index in [4.69, 9.17) is 4.74 Å². The Balaban J connectivity index is 2.18. The van der Waals surface area contributed by atoms with Crippen molar-refractivity contribution in [2.45, 2.75) is 13.3 Å². The van der Waals surface area contributed by atoms with Gasteiger partial charge in [-0.2, -0.15) is 0 Å². The van der Waals surface area contributed by atoms with E-state index < -0.39 is 0 Å². The van der Waals surface area contributed by atoms with Gasteiger partial charge in [-0.05, 0) is 42.3 Å². The number of methoxy groups -OCH3 is 1. The van der Waals surface area contributed by atoms with Gasteiger partial charge in [-0.3, -0.25) is 4.79 Å². The van der Waals surface area contributed by atoms with Crippen LogP contribution in [0.5, 0.6) is 5.75 Å². The summed E-state index contributed by atoms with van der Waals surface area (Å²) in [7, 11) is 1.62. The molecule has 21 heavy (non-hydrogen) atoms. The monoisotopic (exact) mass is 280 g/mol. The van der Waals surface area contributed by atoms with Gasteiger partial charge in [-0.15, -0.1) is 0 Å². The number of rotatable bonds is 3. The average molecular weight is 280 g/mol. The molecular formula is C17H16N2O2. The molecule has 0 spiro atoms. The molecule has 3 rings (SSSR count). The van der Waals surface area contributed by atoms with Crippen molar-refractivity contribution in [2.24, 2.45) is 0 Å². The molecule has 0 aliphatic carbocycles. The molecule has 0 aliphatic rings. The highest BCUT2D eigenvalue weighted by Gasteiger charge is 2.08. The largest absolute Gasteiger partial charge is 0.497 e. The Labute approximate surface area is 122 Å². The van der Waals surface area contributed by atoms with Gasteiger partial charge in [0.05, 0.1) is 18.0 Å². The zero-order valence-corrected chi connectivity index (χ0v) is 12.0. The predicted molar refractivity (Wildman–Crippen MR) is 83.7 cm³/mol. The lowest BCUT2D eigenvalue weighted by molar-refractivity contribution is 0.415. The Hall–Kier alpha value is -2.62. The van der Waals surface area contributed by atoms with Crippen molar-refractivity contribution in [2.75, 3.05) is 7.11 Å². The quantitative estimate of drug-likeness (QED) is 0.801. The van der Waals surface area contributed by atoms with Gasteiger partial charge in [-0.25, -0.2) is 4.98 Å². The molecule has 2 aromatic carbocycles. The molecular weight excluding hydrogens is 264 g/mol. The molecule has 1 N–H and O–H groups in total. The van der Waals surface area contributed by atoms with Crippen molar-refractivity contribution in [3.8, 4) is 17.1 Å². The highest BCUT2D eigenvalue weighted by molar-refractivity contribution is 5.82. The zero-order valence-electron chi connectivity index (χ0n) is 12.0. The molecule has 0 amide bonds. The molecule has 0 radical (unpaired) electrons. The maximum absolute atomic E-state index is 12.4. The first kappa shape index (κ1) is 13.4. The van der Waals surface area contributed by atoms with Crippen molar-refractivity contribution in [3.05, 3.63) is 58.4 Å². The molecule has 4 nitrogen and oxygen atoms in total. The third-order valence-electron chi connectivity index (χ3n) is 3.56. The van der Waals surface area contributed by atoms with Gasteiger partial charge in [0.15, 0.2) is 0 Å². The normalized spacial score (nSPS) is 10.8. The Morgan fingerprint density at radius 1 is 1.14 bits per heavy atom. The van der Waals surface area contributed by atoms with Crippen LogP contribution in [0.2, 0.25) is 0 Å². The minimum atomic E-state index is -0.0942. The summed E-state index contributed by atoms with van der Waals surface area (Å²) in [4.78, 5) is 19.8. The third-order valence-corrected chi connectivity index (χ3v) is 3.56. The highest BCUT2D eigenvalue weighted by atomic mass is 16.5. The number of benzene rings is 2. The second-order valence-electron chi connectivity index (χ2n) is 4.81. The van der Waals surface area contributed by atoms with Crippen LogP contribution in [-0.4, -0.2) is 17.1 Å². The number of aryl methyl sites for hydroxylation is 1. The van der Waals surface area contributed by atoms with E-state index in [1.807, 2.05) is 49.4 Å².